The van der Waals surface area contributed by atoms with E-state index in [-0.39, 0.29) is 0 Å². The van der Waals surface area contributed by atoms with Crippen LogP contribution in [0.1, 0.15) is 11.3 Å². The average molecular weight is 301 g/mol. The molecule has 0 aromatic carbocycles. The summed E-state index contributed by atoms with van der Waals surface area (Å²) < 4.78 is 0. The van der Waals surface area contributed by atoms with Crippen molar-refractivity contribution in [1.29, 1.82) is 0 Å². The standard InChI is InChI=1S/C17H23N3S/c1-19-10-3-2-6-17(19)18-9-13-20-11-7-15(8-12-20)16-5-4-14-21-16/h2-7,10,14,17-18H,8-9,11-13H2,1H3. The number of hydrogen-bond acceptors (Lipinski definition) is 4. The quantitative estimate of drug-likeness (QED) is 0.902. The number of hydrogen-bond donors (Lipinski definition) is 1. The molecule has 0 spiro atoms. The molecule has 3 rings (SSSR count). The molecule has 1 unspecified atom stereocenters. The summed E-state index contributed by atoms with van der Waals surface area (Å²) in [5.41, 5.74) is 1.52. The van der Waals surface area contributed by atoms with E-state index < -0.39 is 0 Å². The highest BCUT2D eigenvalue weighted by atomic mass is 32.1. The first-order valence-corrected chi connectivity index (χ1v) is 8.46. The first-order valence-electron chi connectivity index (χ1n) is 7.58. The van der Waals surface area contributed by atoms with Crippen LogP contribution < -0.4 is 5.32 Å². The summed E-state index contributed by atoms with van der Waals surface area (Å²) >= 11 is 1.85. The van der Waals surface area contributed by atoms with Gasteiger partial charge in [-0.25, -0.2) is 0 Å². The molecule has 0 bridgehead atoms. The molecule has 3 heterocycles. The Labute approximate surface area is 131 Å². The van der Waals surface area contributed by atoms with Gasteiger partial charge in [0.2, 0.25) is 0 Å². The lowest BCUT2D eigenvalue weighted by Gasteiger charge is -2.30. The topological polar surface area (TPSA) is 18.5 Å². The van der Waals surface area contributed by atoms with Gasteiger partial charge < -0.3 is 4.90 Å². The van der Waals surface area contributed by atoms with E-state index in [0.29, 0.717) is 6.17 Å². The van der Waals surface area contributed by atoms with Crippen LogP contribution in [-0.2, 0) is 0 Å². The van der Waals surface area contributed by atoms with Crippen molar-refractivity contribution in [3.8, 4) is 0 Å². The van der Waals surface area contributed by atoms with Crippen LogP contribution in [0.3, 0.4) is 0 Å². The van der Waals surface area contributed by atoms with Gasteiger partial charge in [0.15, 0.2) is 0 Å². The average Bonchev–Trinajstić information content (AvgIpc) is 3.04. The predicted molar refractivity (Wildman–Crippen MR) is 91.2 cm³/mol. The van der Waals surface area contributed by atoms with E-state index in [0.717, 1.165) is 19.6 Å². The Morgan fingerprint density at radius 3 is 3.05 bits per heavy atom. The van der Waals surface area contributed by atoms with Gasteiger partial charge in [-0.2, -0.15) is 0 Å². The molecular formula is C17H23N3S. The molecule has 0 radical (unpaired) electrons. The van der Waals surface area contributed by atoms with Crippen molar-refractivity contribution in [2.75, 3.05) is 33.2 Å². The van der Waals surface area contributed by atoms with Crippen molar-refractivity contribution in [2.24, 2.45) is 0 Å². The second kappa shape index (κ2) is 7.07. The minimum Gasteiger partial charge on any atom is -0.362 e. The molecule has 0 saturated carbocycles. The van der Waals surface area contributed by atoms with E-state index >= 15 is 0 Å². The lowest BCUT2D eigenvalue weighted by Crippen LogP contribution is -2.44. The monoisotopic (exact) mass is 301 g/mol. The smallest absolute Gasteiger partial charge is 0.0982 e. The van der Waals surface area contributed by atoms with Crippen LogP contribution in [0.25, 0.3) is 5.57 Å². The summed E-state index contributed by atoms with van der Waals surface area (Å²) in [7, 11) is 2.11. The molecule has 2 aliphatic heterocycles. The van der Waals surface area contributed by atoms with Crippen LogP contribution in [0.5, 0.6) is 0 Å². The fourth-order valence-corrected chi connectivity index (χ4v) is 3.56. The molecule has 2 aliphatic rings. The fourth-order valence-electron chi connectivity index (χ4n) is 2.77. The SMILES string of the molecule is CN1C=CC=CC1NCCN1CC=C(c2cccs2)CC1. The van der Waals surface area contributed by atoms with Gasteiger partial charge in [0, 0.05) is 44.3 Å². The zero-order valence-electron chi connectivity index (χ0n) is 12.5. The molecule has 21 heavy (non-hydrogen) atoms. The molecule has 1 aromatic rings. The van der Waals surface area contributed by atoms with Crippen LogP contribution in [0.15, 0.2) is 48.0 Å². The van der Waals surface area contributed by atoms with Crippen molar-refractivity contribution in [3.63, 3.8) is 0 Å². The van der Waals surface area contributed by atoms with Crippen LogP contribution >= 0.6 is 11.3 Å². The third-order valence-electron chi connectivity index (χ3n) is 4.08. The predicted octanol–water partition coefficient (Wildman–Crippen LogP) is 2.77. The van der Waals surface area contributed by atoms with Gasteiger partial charge in [0.05, 0.1) is 6.17 Å². The van der Waals surface area contributed by atoms with Crippen molar-refractivity contribution in [1.82, 2.24) is 15.1 Å². The van der Waals surface area contributed by atoms with Crippen molar-refractivity contribution >= 4 is 16.9 Å². The van der Waals surface area contributed by atoms with E-state index in [9.17, 15) is 0 Å². The number of nitrogens with one attached hydrogen (secondary N) is 1. The highest BCUT2D eigenvalue weighted by molar-refractivity contribution is 7.11. The first-order chi connectivity index (χ1) is 10.3. The third-order valence-corrected chi connectivity index (χ3v) is 5.02. The lowest BCUT2D eigenvalue weighted by atomic mass is 10.1. The Morgan fingerprint density at radius 1 is 1.38 bits per heavy atom. The number of rotatable bonds is 5. The number of allylic oxidation sites excluding steroid dienone is 2. The van der Waals surface area contributed by atoms with E-state index in [1.54, 1.807) is 0 Å². The Morgan fingerprint density at radius 2 is 2.33 bits per heavy atom. The summed E-state index contributed by atoms with van der Waals surface area (Å²) in [5.74, 6) is 0. The molecule has 3 nitrogen and oxygen atoms in total. The Bertz CT molecular complexity index is 530. The molecule has 0 amide bonds. The third kappa shape index (κ3) is 3.84. The van der Waals surface area contributed by atoms with Gasteiger partial charge >= 0.3 is 0 Å². The summed E-state index contributed by atoms with van der Waals surface area (Å²) in [6, 6.07) is 4.37. The van der Waals surface area contributed by atoms with Gasteiger partial charge in [0.1, 0.15) is 0 Å². The molecule has 1 atom stereocenters. The first kappa shape index (κ1) is 14.6. The van der Waals surface area contributed by atoms with E-state index in [1.165, 1.54) is 23.4 Å². The van der Waals surface area contributed by atoms with Crippen LogP contribution in [0.2, 0.25) is 0 Å². The van der Waals surface area contributed by atoms with Gasteiger partial charge in [-0.3, -0.25) is 10.2 Å². The molecule has 1 N–H and O–H groups in total. The highest BCUT2D eigenvalue weighted by Crippen LogP contribution is 2.25. The van der Waals surface area contributed by atoms with Crippen LogP contribution in [0, 0.1) is 0 Å². The zero-order chi connectivity index (χ0) is 14.5. The van der Waals surface area contributed by atoms with E-state index in [1.807, 2.05) is 11.3 Å². The molecule has 112 valence electrons. The molecule has 0 aliphatic carbocycles. The largest absolute Gasteiger partial charge is 0.362 e. The van der Waals surface area contributed by atoms with Crippen LogP contribution in [-0.4, -0.2) is 49.2 Å². The Balaban J connectivity index is 1.42. The molecular weight excluding hydrogens is 278 g/mol. The minimum atomic E-state index is 0.331. The van der Waals surface area contributed by atoms with E-state index in [2.05, 4.69) is 70.2 Å². The minimum absolute atomic E-state index is 0.331. The van der Waals surface area contributed by atoms with Crippen molar-refractivity contribution in [3.05, 3.63) is 52.9 Å². The molecule has 4 heteroatoms. The second-order valence-electron chi connectivity index (χ2n) is 5.55. The maximum absolute atomic E-state index is 3.58. The summed E-state index contributed by atoms with van der Waals surface area (Å²) in [5, 5.41) is 5.75. The second-order valence-corrected chi connectivity index (χ2v) is 6.50. The molecule has 0 saturated heterocycles. The zero-order valence-corrected chi connectivity index (χ0v) is 13.4. The summed E-state index contributed by atoms with van der Waals surface area (Å²) in [6.07, 6.45) is 12.4. The normalized spacial score (nSPS) is 22.6. The maximum Gasteiger partial charge on any atom is 0.0982 e. The maximum atomic E-state index is 3.58. The summed E-state index contributed by atoms with van der Waals surface area (Å²) in [4.78, 5) is 6.16. The fraction of sp³-hybridized carbons (Fsp3) is 0.412. The van der Waals surface area contributed by atoms with Crippen molar-refractivity contribution < 1.29 is 0 Å². The van der Waals surface area contributed by atoms with Gasteiger partial charge in [-0.05, 0) is 35.6 Å². The number of nitrogens with zero attached hydrogens (tertiary/aromatic N) is 2. The van der Waals surface area contributed by atoms with E-state index in [4.69, 9.17) is 0 Å². The number of likely N-dealkylation sites (N-methyl/N-ethyl adjacent to an activating group) is 1. The molecule has 0 fully saturated rings. The van der Waals surface area contributed by atoms with Gasteiger partial charge in [-0.15, -0.1) is 11.3 Å². The van der Waals surface area contributed by atoms with Crippen molar-refractivity contribution in [2.45, 2.75) is 12.6 Å². The lowest BCUT2D eigenvalue weighted by molar-refractivity contribution is 0.270. The Hall–Kier alpha value is -1.36. The van der Waals surface area contributed by atoms with Crippen LogP contribution in [0.4, 0.5) is 0 Å². The number of thiophene rings is 1. The van der Waals surface area contributed by atoms with Gasteiger partial charge in [0.25, 0.3) is 0 Å². The van der Waals surface area contributed by atoms with Gasteiger partial charge in [-0.1, -0.05) is 18.2 Å². The molecule has 1 aromatic heterocycles. The highest BCUT2D eigenvalue weighted by Gasteiger charge is 2.14. The Kier molecular flexibility index (Phi) is 4.91. The summed E-state index contributed by atoms with van der Waals surface area (Å²) in [6.45, 7) is 4.37.